The highest BCUT2D eigenvalue weighted by atomic mass is 16.5. The van der Waals surface area contributed by atoms with Gasteiger partial charge >= 0.3 is 0 Å². The van der Waals surface area contributed by atoms with Crippen molar-refractivity contribution in [2.24, 2.45) is 5.41 Å². The van der Waals surface area contributed by atoms with Crippen LogP contribution in [0.15, 0.2) is 0 Å². The molecular formula is C16H32N2O. The summed E-state index contributed by atoms with van der Waals surface area (Å²) < 4.78 is 5.87. The molecule has 2 aliphatic rings. The van der Waals surface area contributed by atoms with Crippen LogP contribution in [0.25, 0.3) is 0 Å². The van der Waals surface area contributed by atoms with Crippen LogP contribution in [0.2, 0.25) is 0 Å². The summed E-state index contributed by atoms with van der Waals surface area (Å²) in [6.45, 7) is 15.6. The van der Waals surface area contributed by atoms with E-state index in [4.69, 9.17) is 4.74 Å². The summed E-state index contributed by atoms with van der Waals surface area (Å²) in [5.41, 5.74) is 0.415. The average Bonchev–Trinajstić information content (AvgIpc) is 2.30. The molecule has 2 rings (SSSR count). The van der Waals surface area contributed by atoms with E-state index in [0.717, 1.165) is 26.2 Å². The Labute approximate surface area is 119 Å². The minimum atomic E-state index is 0.0105. The van der Waals surface area contributed by atoms with Gasteiger partial charge < -0.3 is 10.1 Å². The molecule has 0 amide bonds. The molecule has 3 nitrogen and oxygen atoms in total. The van der Waals surface area contributed by atoms with Gasteiger partial charge in [-0.05, 0) is 38.6 Å². The summed E-state index contributed by atoms with van der Waals surface area (Å²) in [6, 6.07) is 1.28. The van der Waals surface area contributed by atoms with E-state index in [1.165, 1.54) is 19.3 Å². The van der Waals surface area contributed by atoms with Crippen molar-refractivity contribution < 1.29 is 4.74 Å². The molecule has 1 heterocycles. The second kappa shape index (κ2) is 5.71. The first kappa shape index (κ1) is 15.3. The van der Waals surface area contributed by atoms with Gasteiger partial charge in [0.05, 0.1) is 12.2 Å². The van der Waals surface area contributed by atoms with Crippen molar-refractivity contribution in [1.82, 2.24) is 10.2 Å². The summed E-state index contributed by atoms with van der Waals surface area (Å²) in [6.07, 6.45) is 4.03. The van der Waals surface area contributed by atoms with Gasteiger partial charge in [0.1, 0.15) is 0 Å². The molecule has 2 unspecified atom stereocenters. The van der Waals surface area contributed by atoms with Gasteiger partial charge in [-0.2, -0.15) is 0 Å². The molecule has 3 heteroatoms. The molecule has 0 bridgehead atoms. The van der Waals surface area contributed by atoms with Crippen LogP contribution in [0.5, 0.6) is 0 Å². The molecule has 19 heavy (non-hydrogen) atoms. The number of hydrogen-bond donors (Lipinski definition) is 1. The highest BCUT2D eigenvalue weighted by Gasteiger charge is 2.43. The molecule has 0 radical (unpaired) electrons. The maximum Gasteiger partial charge on any atom is 0.0753 e. The van der Waals surface area contributed by atoms with Crippen LogP contribution >= 0.6 is 0 Å². The summed E-state index contributed by atoms with van der Waals surface area (Å²) in [4.78, 5) is 2.68. The lowest BCUT2D eigenvalue weighted by Crippen LogP contribution is -2.62. The lowest BCUT2D eigenvalue weighted by atomic mass is 9.70. The number of nitrogens with zero attached hydrogens (tertiary/aromatic N) is 1. The van der Waals surface area contributed by atoms with Gasteiger partial charge in [-0.25, -0.2) is 0 Å². The molecule has 0 aromatic heterocycles. The maximum absolute atomic E-state index is 5.87. The average molecular weight is 268 g/mol. The van der Waals surface area contributed by atoms with E-state index in [1.807, 2.05) is 0 Å². The molecule has 1 saturated heterocycles. The largest absolute Gasteiger partial charge is 0.373 e. The van der Waals surface area contributed by atoms with Gasteiger partial charge in [-0.3, -0.25) is 4.90 Å². The highest BCUT2D eigenvalue weighted by molar-refractivity contribution is 4.99. The number of rotatable bonds is 3. The van der Waals surface area contributed by atoms with E-state index in [-0.39, 0.29) is 5.60 Å². The zero-order chi connectivity index (χ0) is 14.1. The molecule has 0 spiro atoms. The fourth-order valence-corrected chi connectivity index (χ4v) is 3.97. The Balaban J connectivity index is 2.11. The van der Waals surface area contributed by atoms with Crippen LogP contribution < -0.4 is 5.32 Å². The van der Waals surface area contributed by atoms with Crippen molar-refractivity contribution in [3.05, 3.63) is 0 Å². The molecule has 2 fully saturated rings. The Morgan fingerprint density at radius 1 is 1.26 bits per heavy atom. The van der Waals surface area contributed by atoms with Crippen molar-refractivity contribution in [1.29, 1.82) is 0 Å². The fraction of sp³-hybridized carbons (Fsp3) is 1.00. The Kier molecular flexibility index (Phi) is 4.59. The quantitative estimate of drug-likeness (QED) is 0.851. The van der Waals surface area contributed by atoms with Crippen LogP contribution in [0.1, 0.15) is 53.9 Å². The fourth-order valence-electron chi connectivity index (χ4n) is 3.97. The number of ether oxygens (including phenoxy) is 1. The summed E-state index contributed by atoms with van der Waals surface area (Å²) in [5, 5.41) is 3.77. The molecule has 2 atom stereocenters. The Bertz CT molecular complexity index is 301. The van der Waals surface area contributed by atoms with Crippen molar-refractivity contribution in [2.45, 2.75) is 71.6 Å². The van der Waals surface area contributed by atoms with Crippen molar-refractivity contribution >= 4 is 0 Å². The van der Waals surface area contributed by atoms with Crippen molar-refractivity contribution in [3.63, 3.8) is 0 Å². The normalized spacial score (nSPS) is 35.2. The summed E-state index contributed by atoms with van der Waals surface area (Å²) in [5.74, 6) is 0. The molecule has 1 N–H and O–H groups in total. The predicted molar refractivity (Wildman–Crippen MR) is 80.5 cm³/mol. The highest BCUT2D eigenvalue weighted by Crippen LogP contribution is 2.38. The third kappa shape index (κ3) is 3.50. The Hall–Kier alpha value is -0.120. The monoisotopic (exact) mass is 268 g/mol. The summed E-state index contributed by atoms with van der Waals surface area (Å²) in [7, 11) is 0. The van der Waals surface area contributed by atoms with Crippen LogP contribution in [0.4, 0.5) is 0 Å². The van der Waals surface area contributed by atoms with E-state index < -0.39 is 0 Å². The zero-order valence-corrected chi connectivity index (χ0v) is 13.5. The van der Waals surface area contributed by atoms with Crippen LogP contribution in [0.3, 0.4) is 0 Å². The maximum atomic E-state index is 5.87. The second-order valence-corrected chi connectivity index (χ2v) is 7.56. The van der Waals surface area contributed by atoms with Crippen LogP contribution in [0, 0.1) is 5.41 Å². The minimum Gasteiger partial charge on any atom is -0.373 e. The molecule has 1 saturated carbocycles. The standard InChI is InChI=1S/C16H32N2O/c1-6-17-14-13(8-7-9-15(14,2)3)18-10-11-19-16(4,5)12-18/h13-14,17H,6-12H2,1-5H3. The molecular weight excluding hydrogens is 236 g/mol. The Morgan fingerprint density at radius 2 is 2.00 bits per heavy atom. The lowest BCUT2D eigenvalue weighted by molar-refractivity contribution is -0.110. The van der Waals surface area contributed by atoms with Gasteiger partial charge in [0.2, 0.25) is 0 Å². The first-order valence-corrected chi connectivity index (χ1v) is 7.97. The van der Waals surface area contributed by atoms with Crippen molar-refractivity contribution in [3.8, 4) is 0 Å². The molecule has 1 aliphatic carbocycles. The van der Waals surface area contributed by atoms with Gasteiger partial charge in [0.25, 0.3) is 0 Å². The van der Waals surface area contributed by atoms with E-state index in [9.17, 15) is 0 Å². The number of likely N-dealkylation sites (N-methyl/N-ethyl adjacent to an activating group) is 1. The van der Waals surface area contributed by atoms with Gasteiger partial charge in [-0.15, -0.1) is 0 Å². The molecule has 1 aliphatic heterocycles. The summed E-state index contributed by atoms with van der Waals surface area (Å²) >= 11 is 0. The second-order valence-electron chi connectivity index (χ2n) is 7.56. The first-order valence-electron chi connectivity index (χ1n) is 7.97. The predicted octanol–water partition coefficient (Wildman–Crippen LogP) is 2.65. The topological polar surface area (TPSA) is 24.5 Å². The van der Waals surface area contributed by atoms with Gasteiger partial charge in [0.15, 0.2) is 0 Å². The minimum absolute atomic E-state index is 0.0105. The van der Waals surface area contributed by atoms with Crippen LogP contribution in [-0.4, -0.2) is 48.8 Å². The molecule has 0 aromatic carbocycles. The molecule has 0 aromatic rings. The van der Waals surface area contributed by atoms with Gasteiger partial charge in [-0.1, -0.05) is 27.2 Å². The third-order valence-electron chi connectivity index (χ3n) is 4.90. The Morgan fingerprint density at radius 3 is 2.63 bits per heavy atom. The van der Waals surface area contributed by atoms with Crippen molar-refractivity contribution in [2.75, 3.05) is 26.2 Å². The van der Waals surface area contributed by atoms with E-state index >= 15 is 0 Å². The third-order valence-corrected chi connectivity index (χ3v) is 4.90. The SMILES string of the molecule is CCNC1C(N2CCOC(C)(C)C2)CCCC1(C)C. The number of morpholine rings is 1. The lowest BCUT2D eigenvalue weighted by Gasteiger charge is -2.51. The van der Waals surface area contributed by atoms with E-state index in [0.29, 0.717) is 17.5 Å². The van der Waals surface area contributed by atoms with Gasteiger partial charge in [0, 0.05) is 25.2 Å². The molecule has 112 valence electrons. The van der Waals surface area contributed by atoms with Crippen LogP contribution in [-0.2, 0) is 4.74 Å². The number of nitrogens with one attached hydrogen (secondary N) is 1. The van der Waals surface area contributed by atoms with E-state index in [1.54, 1.807) is 0 Å². The first-order chi connectivity index (χ1) is 8.86. The zero-order valence-electron chi connectivity index (χ0n) is 13.5. The van der Waals surface area contributed by atoms with E-state index in [2.05, 4.69) is 44.8 Å². The number of hydrogen-bond acceptors (Lipinski definition) is 3. The smallest absolute Gasteiger partial charge is 0.0753 e.